The number of thiophene rings is 1. The van der Waals surface area contributed by atoms with Crippen LogP contribution in [-0.2, 0) is 15.4 Å². The van der Waals surface area contributed by atoms with E-state index in [-0.39, 0.29) is 4.88 Å². The predicted octanol–water partition coefficient (Wildman–Crippen LogP) is 1.78. The van der Waals surface area contributed by atoms with Gasteiger partial charge >= 0.3 is 0 Å². The SMILES string of the molecule is CC(C)(C#N)S(=O)(=O)C[C@](C)(N)c1sccc1F. The maximum atomic E-state index is 13.5. The number of nitriles is 1. The lowest BCUT2D eigenvalue weighted by molar-refractivity contribution is 0.498. The van der Waals surface area contributed by atoms with Crippen molar-refractivity contribution in [3.63, 3.8) is 0 Å². The third-order valence-electron chi connectivity index (χ3n) is 2.67. The summed E-state index contributed by atoms with van der Waals surface area (Å²) in [4.78, 5) is 0.180. The monoisotopic (exact) mass is 290 g/mol. The van der Waals surface area contributed by atoms with Gasteiger partial charge in [0.1, 0.15) is 5.82 Å². The molecule has 18 heavy (non-hydrogen) atoms. The molecule has 1 atom stereocenters. The Morgan fingerprint density at radius 3 is 2.44 bits per heavy atom. The standard InChI is InChI=1S/C11H15FN2O2S2/c1-10(2,6-13)18(15,16)7-11(3,14)9-8(12)4-5-17-9/h4-5H,7,14H2,1-3H3/t11-/m0/s1. The van der Waals surface area contributed by atoms with Crippen LogP contribution < -0.4 is 5.73 Å². The summed E-state index contributed by atoms with van der Waals surface area (Å²) in [5.41, 5.74) is 4.56. The first-order valence-electron chi connectivity index (χ1n) is 5.19. The zero-order valence-electron chi connectivity index (χ0n) is 10.4. The maximum absolute atomic E-state index is 13.5. The molecule has 100 valence electrons. The van der Waals surface area contributed by atoms with E-state index in [0.29, 0.717) is 0 Å². The van der Waals surface area contributed by atoms with Crippen LogP contribution in [0.15, 0.2) is 11.4 Å². The summed E-state index contributed by atoms with van der Waals surface area (Å²) in [5, 5.41) is 10.4. The predicted molar refractivity (Wildman–Crippen MR) is 69.3 cm³/mol. The Hall–Kier alpha value is -0.970. The molecular formula is C11H15FN2O2S2. The molecule has 0 aromatic carbocycles. The molecule has 0 aliphatic carbocycles. The average Bonchev–Trinajstić information content (AvgIpc) is 2.63. The Morgan fingerprint density at radius 1 is 1.50 bits per heavy atom. The molecule has 1 aromatic rings. The Labute approximate surface area is 110 Å². The Kier molecular flexibility index (Phi) is 3.86. The van der Waals surface area contributed by atoms with Gasteiger partial charge in [-0.2, -0.15) is 5.26 Å². The number of nitrogens with two attached hydrogens (primary N) is 1. The second-order valence-electron chi connectivity index (χ2n) is 4.90. The number of halogens is 1. The highest BCUT2D eigenvalue weighted by atomic mass is 32.2. The van der Waals surface area contributed by atoms with Gasteiger partial charge in [-0.25, -0.2) is 12.8 Å². The van der Waals surface area contributed by atoms with Gasteiger partial charge in [-0.05, 0) is 32.2 Å². The molecule has 0 saturated carbocycles. The second kappa shape index (κ2) is 4.61. The molecule has 0 spiro atoms. The van der Waals surface area contributed by atoms with Crippen LogP contribution in [0.1, 0.15) is 25.6 Å². The molecule has 4 nitrogen and oxygen atoms in total. The van der Waals surface area contributed by atoms with Crippen molar-refractivity contribution in [1.29, 1.82) is 5.26 Å². The number of nitrogens with zero attached hydrogens (tertiary/aromatic N) is 1. The van der Waals surface area contributed by atoms with Crippen LogP contribution in [0.5, 0.6) is 0 Å². The Balaban J connectivity index is 3.13. The summed E-state index contributed by atoms with van der Waals surface area (Å²) in [7, 11) is -3.76. The molecule has 0 aliphatic rings. The molecule has 0 bridgehead atoms. The summed E-state index contributed by atoms with van der Waals surface area (Å²) >= 11 is 1.07. The molecule has 0 unspecified atom stereocenters. The average molecular weight is 290 g/mol. The van der Waals surface area contributed by atoms with E-state index in [2.05, 4.69) is 0 Å². The minimum absolute atomic E-state index is 0.180. The van der Waals surface area contributed by atoms with E-state index in [1.54, 1.807) is 6.07 Å². The molecule has 0 aliphatic heterocycles. The molecular weight excluding hydrogens is 275 g/mol. The second-order valence-corrected chi connectivity index (χ2v) is 8.35. The first kappa shape index (κ1) is 15.1. The van der Waals surface area contributed by atoms with Crippen LogP contribution in [0.3, 0.4) is 0 Å². The van der Waals surface area contributed by atoms with Gasteiger partial charge in [0.15, 0.2) is 14.6 Å². The zero-order chi connectivity index (χ0) is 14.2. The van der Waals surface area contributed by atoms with Crippen molar-refractivity contribution in [2.75, 3.05) is 5.75 Å². The molecule has 0 radical (unpaired) electrons. The first-order chi connectivity index (χ1) is 8.03. The lowest BCUT2D eigenvalue weighted by atomic mass is 10.0. The Bertz CT molecular complexity index is 582. The molecule has 2 N–H and O–H groups in total. The van der Waals surface area contributed by atoms with Gasteiger partial charge < -0.3 is 5.73 Å². The highest BCUT2D eigenvalue weighted by molar-refractivity contribution is 7.93. The summed E-state index contributed by atoms with van der Waals surface area (Å²) < 4.78 is 36.1. The van der Waals surface area contributed by atoms with Crippen molar-refractivity contribution in [1.82, 2.24) is 0 Å². The molecule has 0 amide bonds. The molecule has 0 saturated heterocycles. The van der Waals surface area contributed by atoms with E-state index in [1.807, 2.05) is 0 Å². The van der Waals surface area contributed by atoms with Gasteiger partial charge in [0.2, 0.25) is 0 Å². The fourth-order valence-electron chi connectivity index (χ4n) is 1.41. The molecule has 0 fully saturated rings. The Morgan fingerprint density at radius 2 is 2.06 bits per heavy atom. The minimum atomic E-state index is -3.76. The van der Waals surface area contributed by atoms with Crippen molar-refractivity contribution in [2.24, 2.45) is 5.73 Å². The fourth-order valence-corrected chi connectivity index (χ4v) is 3.78. The van der Waals surface area contributed by atoms with E-state index in [4.69, 9.17) is 11.0 Å². The fraction of sp³-hybridized carbons (Fsp3) is 0.545. The van der Waals surface area contributed by atoms with E-state index < -0.39 is 31.7 Å². The largest absolute Gasteiger partial charge is 0.320 e. The van der Waals surface area contributed by atoms with E-state index in [1.165, 1.54) is 32.2 Å². The van der Waals surface area contributed by atoms with Gasteiger partial charge in [0.25, 0.3) is 0 Å². The van der Waals surface area contributed by atoms with Crippen LogP contribution in [0.2, 0.25) is 0 Å². The summed E-state index contributed by atoms with van der Waals surface area (Å²) in [5.74, 6) is -0.993. The van der Waals surface area contributed by atoms with E-state index >= 15 is 0 Å². The summed E-state index contributed by atoms with van der Waals surface area (Å²) in [6.07, 6.45) is 0. The number of hydrogen-bond donors (Lipinski definition) is 1. The molecule has 1 aromatic heterocycles. The molecule has 1 rings (SSSR count). The van der Waals surface area contributed by atoms with Gasteiger partial charge in [-0.15, -0.1) is 11.3 Å². The highest BCUT2D eigenvalue weighted by Gasteiger charge is 2.41. The minimum Gasteiger partial charge on any atom is -0.320 e. The smallest absolute Gasteiger partial charge is 0.170 e. The van der Waals surface area contributed by atoms with Gasteiger partial charge in [-0.1, -0.05) is 0 Å². The zero-order valence-corrected chi connectivity index (χ0v) is 12.0. The van der Waals surface area contributed by atoms with Crippen molar-refractivity contribution in [3.8, 4) is 6.07 Å². The summed E-state index contributed by atoms with van der Waals surface area (Å²) in [6.45, 7) is 4.07. The highest BCUT2D eigenvalue weighted by Crippen LogP contribution is 2.30. The van der Waals surface area contributed by atoms with Crippen molar-refractivity contribution in [3.05, 3.63) is 22.1 Å². The van der Waals surface area contributed by atoms with E-state index in [0.717, 1.165) is 11.3 Å². The summed E-state index contributed by atoms with van der Waals surface area (Å²) in [6, 6.07) is 2.97. The van der Waals surface area contributed by atoms with Gasteiger partial charge in [0.05, 0.1) is 22.2 Å². The van der Waals surface area contributed by atoms with Crippen LogP contribution in [0.4, 0.5) is 4.39 Å². The van der Waals surface area contributed by atoms with Gasteiger partial charge in [-0.3, -0.25) is 0 Å². The topological polar surface area (TPSA) is 84.0 Å². The first-order valence-corrected chi connectivity index (χ1v) is 7.72. The number of rotatable bonds is 4. The van der Waals surface area contributed by atoms with Crippen LogP contribution in [-0.4, -0.2) is 18.9 Å². The lowest BCUT2D eigenvalue weighted by Gasteiger charge is -2.27. The van der Waals surface area contributed by atoms with E-state index in [9.17, 15) is 12.8 Å². The quantitative estimate of drug-likeness (QED) is 0.916. The van der Waals surface area contributed by atoms with Gasteiger partial charge in [0, 0.05) is 0 Å². The third kappa shape index (κ3) is 2.71. The number of sulfone groups is 1. The molecule has 1 heterocycles. The molecule has 7 heteroatoms. The maximum Gasteiger partial charge on any atom is 0.170 e. The van der Waals surface area contributed by atoms with Crippen molar-refractivity contribution in [2.45, 2.75) is 31.1 Å². The van der Waals surface area contributed by atoms with Crippen LogP contribution in [0, 0.1) is 17.1 Å². The lowest BCUT2D eigenvalue weighted by Crippen LogP contribution is -2.45. The normalized spacial score (nSPS) is 16.0. The third-order valence-corrected chi connectivity index (χ3v) is 6.47. The number of hydrogen-bond acceptors (Lipinski definition) is 5. The van der Waals surface area contributed by atoms with Crippen LogP contribution >= 0.6 is 11.3 Å². The van der Waals surface area contributed by atoms with Crippen molar-refractivity contribution < 1.29 is 12.8 Å². The van der Waals surface area contributed by atoms with Crippen molar-refractivity contribution >= 4 is 21.2 Å². The van der Waals surface area contributed by atoms with Crippen LogP contribution in [0.25, 0.3) is 0 Å².